The van der Waals surface area contributed by atoms with Crippen LogP contribution in [0.3, 0.4) is 0 Å². The molecule has 0 saturated heterocycles. The first-order valence-electron chi connectivity index (χ1n) is 5.12. The van der Waals surface area contributed by atoms with Crippen molar-refractivity contribution >= 4 is 11.9 Å². The predicted octanol–water partition coefficient (Wildman–Crippen LogP) is 1.21. The average Bonchev–Trinajstić information content (AvgIpc) is 2.17. The Kier molecular flexibility index (Phi) is 8.76. The largest absolute Gasteiger partial charge is 0.481 e. The van der Waals surface area contributed by atoms with Gasteiger partial charge in [0, 0.05) is 19.4 Å². The second-order valence-electron chi connectivity index (χ2n) is 3.08. The van der Waals surface area contributed by atoms with Gasteiger partial charge in [-0.2, -0.15) is 0 Å². The van der Waals surface area contributed by atoms with Crippen LogP contribution >= 0.6 is 0 Å². The SMILES string of the molecule is CCCOCCOC(=O)CCCC(=O)O. The van der Waals surface area contributed by atoms with E-state index in [2.05, 4.69) is 0 Å². The molecule has 0 aromatic rings. The molecular weight excluding hydrogens is 200 g/mol. The average molecular weight is 218 g/mol. The first-order valence-corrected chi connectivity index (χ1v) is 5.12. The molecule has 0 aromatic heterocycles. The maximum absolute atomic E-state index is 11.0. The number of carboxylic acid groups (broad SMARTS) is 1. The van der Waals surface area contributed by atoms with Crippen LogP contribution in [0.15, 0.2) is 0 Å². The van der Waals surface area contributed by atoms with Gasteiger partial charge in [-0.25, -0.2) is 0 Å². The van der Waals surface area contributed by atoms with E-state index < -0.39 is 5.97 Å². The molecule has 88 valence electrons. The summed E-state index contributed by atoms with van der Waals surface area (Å²) in [6.45, 7) is 3.30. The molecule has 0 radical (unpaired) electrons. The lowest BCUT2D eigenvalue weighted by molar-refractivity contribution is -0.145. The second kappa shape index (κ2) is 9.45. The number of esters is 1. The number of hydrogen-bond donors (Lipinski definition) is 1. The van der Waals surface area contributed by atoms with Crippen molar-refractivity contribution in [3.05, 3.63) is 0 Å². The van der Waals surface area contributed by atoms with Crippen molar-refractivity contribution in [3.8, 4) is 0 Å². The maximum atomic E-state index is 11.0. The summed E-state index contributed by atoms with van der Waals surface area (Å²) in [5, 5.41) is 8.33. The lowest BCUT2D eigenvalue weighted by Crippen LogP contribution is -2.11. The van der Waals surface area contributed by atoms with Crippen molar-refractivity contribution in [1.29, 1.82) is 0 Å². The van der Waals surface area contributed by atoms with Crippen LogP contribution in [0.5, 0.6) is 0 Å². The zero-order chi connectivity index (χ0) is 11.5. The van der Waals surface area contributed by atoms with Crippen molar-refractivity contribution in [1.82, 2.24) is 0 Å². The quantitative estimate of drug-likeness (QED) is 0.465. The van der Waals surface area contributed by atoms with Crippen molar-refractivity contribution in [2.45, 2.75) is 32.6 Å². The normalized spacial score (nSPS) is 9.93. The molecule has 0 spiro atoms. The van der Waals surface area contributed by atoms with Gasteiger partial charge in [-0.15, -0.1) is 0 Å². The summed E-state index contributed by atoms with van der Waals surface area (Å²) in [5.41, 5.74) is 0. The predicted molar refractivity (Wildman–Crippen MR) is 53.6 cm³/mol. The Balaban J connectivity index is 3.22. The third-order valence-electron chi connectivity index (χ3n) is 1.61. The van der Waals surface area contributed by atoms with Gasteiger partial charge < -0.3 is 14.6 Å². The Hall–Kier alpha value is -1.10. The van der Waals surface area contributed by atoms with E-state index >= 15 is 0 Å². The topological polar surface area (TPSA) is 72.8 Å². The highest BCUT2D eigenvalue weighted by Gasteiger charge is 2.04. The molecule has 0 aliphatic heterocycles. The first-order chi connectivity index (χ1) is 7.16. The van der Waals surface area contributed by atoms with E-state index in [1.54, 1.807) is 0 Å². The summed E-state index contributed by atoms with van der Waals surface area (Å²) in [5.74, 6) is -1.26. The molecule has 0 aliphatic carbocycles. The fourth-order valence-electron chi connectivity index (χ4n) is 0.917. The van der Waals surface area contributed by atoms with Crippen molar-refractivity contribution in [2.75, 3.05) is 19.8 Å². The molecule has 0 amide bonds. The Morgan fingerprint density at radius 3 is 2.47 bits per heavy atom. The van der Waals surface area contributed by atoms with Gasteiger partial charge in [-0.05, 0) is 12.8 Å². The van der Waals surface area contributed by atoms with Crippen LogP contribution in [0, 0.1) is 0 Å². The Labute approximate surface area is 89.4 Å². The van der Waals surface area contributed by atoms with Crippen molar-refractivity contribution < 1.29 is 24.2 Å². The number of ether oxygens (including phenoxy) is 2. The molecule has 0 aliphatic rings. The lowest BCUT2D eigenvalue weighted by Gasteiger charge is -2.04. The highest BCUT2D eigenvalue weighted by molar-refractivity contribution is 5.71. The molecule has 0 unspecified atom stereocenters. The molecule has 5 heteroatoms. The number of hydrogen-bond acceptors (Lipinski definition) is 4. The zero-order valence-electron chi connectivity index (χ0n) is 9.03. The standard InChI is InChI=1S/C10H18O5/c1-2-6-14-7-8-15-10(13)5-3-4-9(11)12/h2-8H2,1H3,(H,11,12). The zero-order valence-corrected chi connectivity index (χ0v) is 9.03. The van der Waals surface area contributed by atoms with E-state index in [1.165, 1.54) is 0 Å². The van der Waals surface area contributed by atoms with Gasteiger partial charge in [-0.3, -0.25) is 9.59 Å². The van der Waals surface area contributed by atoms with E-state index in [-0.39, 0.29) is 25.4 Å². The first kappa shape index (κ1) is 13.9. The molecule has 0 rings (SSSR count). The minimum Gasteiger partial charge on any atom is -0.481 e. The summed E-state index contributed by atoms with van der Waals surface area (Å²) >= 11 is 0. The lowest BCUT2D eigenvalue weighted by atomic mass is 10.2. The molecule has 0 atom stereocenters. The fourth-order valence-corrected chi connectivity index (χ4v) is 0.917. The third kappa shape index (κ3) is 10.8. The van der Waals surface area contributed by atoms with Crippen LogP contribution in [0.1, 0.15) is 32.6 Å². The van der Waals surface area contributed by atoms with Gasteiger partial charge in [-0.1, -0.05) is 6.92 Å². The molecule has 1 N–H and O–H groups in total. The minimum absolute atomic E-state index is 0.00142. The van der Waals surface area contributed by atoms with Gasteiger partial charge in [0.2, 0.25) is 0 Å². The van der Waals surface area contributed by atoms with E-state index in [0.717, 1.165) is 6.42 Å². The molecule has 0 fully saturated rings. The van der Waals surface area contributed by atoms with Crippen LogP contribution in [-0.4, -0.2) is 36.9 Å². The van der Waals surface area contributed by atoms with Crippen LogP contribution in [0.2, 0.25) is 0 Å². The van der Waals surface area contributed by atoms with E-state index in [4.69, 9.17) is 14.6 Å². The summed E-state index contributed by atoms with van der Waals surface area (Å²) in [7, 11) is 0. The number of carbonyl (C=O) groups excluding carboxylic acids is 1. The maximum Gasteiger partial charge on any atom is 0.305 e. The molecule has 5 nitrogen and oxygen atoms in total. The summed E-state index contributed by atoms with van der Waals surface area (Å²) in [4.78, 5) is 21.1. The summed E-state index contributed by atoms with van der Waals surface area (Å²) in [6, 6.07) is 0. The Morgan fingerprint density at radius 2 is 1.87 bits per heavy atom. The smallest absolute Gasteiger partial charge is 0.305 e. The number of carboxylic acids is 1. The highest BCUT2D eigenvalue weighted by Crippen LogP contribution is 1.97. The summed E-state index contributed by atoms with van der Waals surface area (Å²) < 4.78 is 9.92. The third-order valence-corrected chi connectivity index (χ3v) is 1.61. The minimum atomic E-state index is -0.894. The van der Waals surface area contributed by atoms with E-state index in [0.29, 0.717) is 19.6 Å². The fraction of sp³-hybridized carbons (Fsp3) is 0.800. The molecular formula is C10H18O5. The van der Waals surface area contributed by atoms with Gasteiger partial charge in [0.05, 0.1) is 6.61 Å². The van der Waals surface area contributed by atoms with Gasteiger partial charge >= 0.3 is 11.9 Å². The number of aliphatic carboxylic acids is 1. The Bertz CT molecular complexity index is 190. The van der Waals surface area contributed by atoms with Crippen LogP contribution < -0.4 is 0 Å². The van der Waals surface area contributed by atoms with Crippen LogP contribution in [-0.2, 0) is 19.1 Å². The Morgan fingerprint density at radius 1 is 1.13 bits per heavy atom. The van der Waals surface area contributed by atoms with Gasteiger partial charge in [0.25, 0.3) is 0 Å². The van der Waals surface area contributed by atoms with E-state index in [1.807, 2.05) is 6.92 Å². The molecule has 0 saturated carbocycles. The molecule has 0 heterocycles. The highest BCUT2D eigenvalue weighted by atomic mass is 16.6. The van der Waals surface area contributed by atoms with Gasteiger partial charge in [0.1, 0.15) is 6.61 Å². The number of carbonyl (C=O) groups is 2. The van der Waals surface area contributed by atoms with Crippen molar-refractivity contribution in [3.63, 3.8) is 0 Å². The van der Waals surface area contributed by atoms with Gasteiger partial charge in [0.15, 0.2) is 0 Å². The molecule has 15 heavy (non-hydrogen) atoms. The van der Waals surface area contributed by atoms with Crippen LogP contribution in [0.25, 0.3) is 0 Å². The molecule has 0 aromatic carbocycles. The van der Waals surface area contributed by atoms with E-state index in [9.17, 15) is 9.59 Å². The second-order valence-corrected chi connectivity index (χ2v) is 3.08. The summed E-state index contributed by atoms with van der Waals surface area (Å²) in [6.07, 6.45) is 1.41. The molecule has 0 bridgehead atoms. The van der Waals surface area contributed by atoms with Crippen LogP contribution in [0.4, 0.5) is 0 Å². The van der Waals surface area contributed by atoms with Crippen molar-refractivity contribution in [2.24, 2.45) is 0 Å². The monoisotopic (exact) mass is 218 g/mol. The number of rotatable bonds is 9.